The van der Waals surface area contributed by atoms with E-state index in [2.05, 4.69) is 5.32 Å². The van der Waals surface area contributed by atoms with Gasteiger partial charge in [-0.15, -0.1) is 11.3 Å². The van der Waals surface area contributed by atoms with E-state index < -0.39 is 4.92 Å². The molecule has 1 amide bonds. The first kappa shape index (κ1) is 14.3. The molecule has 0 spiro atoms. The number of halogens is 1. The van der Waals surface area contributed by atoms with Crippen LogP contribution in [0.5, 0.6) is 0 Å². The third-order valence-corrected chi connectivity index (χ3v) is 4.62. The highest BCUT2D eigenvalue weighted by Crippen LogP contribution is 2.33. The van der Waals surface area contributed by atoms with E-state index in [0.29, 0.717) is 4.88 Å². The number of carbonyl (C=O) groups excluding carboxylic acids is 1. The van der Waals surface area contributed by atoms with Crippen molar-refractivity contribution in [1.82, 2.24) is 5.32 Å². The van der Waals surface area contributed by atoms with Crippen LogP contribution in [-0.4, -0.2) is 16.9 Å². The zero-order valence-corrected chi connectivity index (χ0v) is 11.9. The Morgan fingerprint density at radius 2 is 2.00 bits per heavy atom. The van der Waals surface area contributed by atoms with Gasteiger partial charge in [-0.2, -0.15) is 0 Å². The minimum absolute atomic E-state index is 0.0519. The van der Waals surface area contributed by atoms with Crippen molar-refractivity contribution in [2.24, 2.45) is 0 Å². The highest BCUT2D eigenvalue weighted by atomic mass is 35.5. The fourth-order valence-corrected chi connectivity index (χ4v) is 3.40. The highest BCUT2D eigenvalue weighted by molar-refractivity contribution is 7.18. The van der Waals surface area contributed by atoms with Crippen molar-refractivity contribution in [3.05, 3.63) is 25.4 Å². The van der Waals surface area contributed by atoms with Crippen molar-refractivity contribution in [3.63, 3.8) is 0 Å². The van der Waals surface area contributed by atoms with Crippen LogP contribution in [0.3, 0.4) is 0 Å². The molecule has 104 valence electrons. The number of thiophene rings is 1. The first-order valence-electron chi connectivity index (χ1n) is 6.32. The zero-order valence-electron chi connectivity index (χ0n) is 10.4. The van der Waals surface area contributed by atoms with Crippen LogP contribution >= 0.6 is 22.9 Å². The fraction of sp³-hybridized carbons (Fsp3) is 0.583. The van der Waals surface area contributed by atoms with Gasteiger partial charge < -0.3 is 5.32 Å². The largest absolute Gasteiger partial charge is 0.349 e. The molecule has 19 heavy (non-hydrogen) atoms. The maximum Gasteiger partial charge on any atom is 0.299 e. The van der Waals surface area contributed by atoms with E-state index in [4.69, 9.17) is 11.6 Å². The highest BCUT2D eigenvalue weighted by Gasteiger charge is 2.23. The van der Waals surface area contributed by atoms with Crippen LogP contribution in [-0.2, 0) is 0 Å². The summed E-state index contributed by atoms with van der Waals surface area (Å²) in [6.07, 6.45) is 6.62. The predicted molar refractivity (Wildman–Crippen MR) is 74.9 cm³/mol. The minimum atomic E-state index is -0.568. The zero-order chi connectivity index (χ0) is 13.8. The lowest BCUT2D eigenvalue weighted by Crippen LogP contribution is -2.33. The van der Waals surface area contributed by atoms with Crippen LogP contribution in [0.15, 0.2) is 6.07 Å². The molecule has 2 rings (SSSR count). The van der Waals surface area contributed by atoms with Gasteiger partial charge in [0.1, 0.15) is 4.88 Å². The molecular weight excluding hydrogens is 288 g/mol. The van der Waals surface area contributed by atoms with Gasteiger partial charge >= 0.3 is 0 Å². The Balaban J connectivity index is 2.03. The first-order chi connectivity index (χ1) is 9.08. The molecule has 1 N–H and O–H groups in total. The summed E-state index contributed by atoms with van der Waals surface area (Å²) < 4.78 is 0.0519. The van der Waals surface area contributed by atoms with Gasteiger partial charge in [0.2, 0.25) is 0 Å². The molecule has 0 radical (unpaired) electrons. The lowest BCUT2D eigenvalue weighted by molar-refractivity contribution is -0.384. The van der Waals surface area contributed by atoms with Gasteiger partial charge in [0.05, 0.1) is 4.92 Å². The molecule has 1 saturated carbocycles. The Morgan fingerprint density at radius 3 is 2.53 bits per heavy atom. The SMILES string of the molecule is O=C(NC1CCCCCC1)c1cc([N+](=O)[O-])c(Cl)s1. The molecule has 0 unspecified atom stereocenters. The summed E-state index contributed by atoms with van der Waals surface area (Å²) in [4.78, 5) is 22.5. The van der Waals surface area contributed by atoms with E-state index in [1.165, 1.54) is 18.9 Å². The van der Waals surface area contributed by atoms with Crippen LogP contribution in [0.2, 0.25) is 4.34 Å². The summed E-state index contributed by atoms with van der Waals surface area (Å²) >= 11 is 6.71. The van der Waals surface area contributed by atoms with E-state index in [9.17, 15) is 14.9 Å². The second kappa shape index (κ2) is 6.34. The molecule has 1 aliphatic rings. The Labute approximate surface area is 120 Å². The van der Waals surface area contributed by atoms with Crippen molar-refractivity contribution < 1.29 is 9.72 Å². The smallest absolute Gasteiger partial charge is 0.299 e. The summed E-state index contributed by atoms with van der Waals surface area (Å²) in [5.74, 6) is -0.258. The van der Waals surface area contributed by atoms with Crippen molar-refractivity contribution in [3.8, 4) is 0 Å². The van der Waals surface area contributed by atoms with Gasteiger partial charge in [0, 0.05) is 12.1 Å². The number of rotatable bonds is 3. The molecule has 1 fully saturated rings. The third-order valence-electron chi connectivity index (χ3n) is 3.28. The van der Waals surface area contributed by atoms with Gasteiger partial charge in [-0.1, -0.05) is 37.3 Å². The quantitative estimate of drug-likeness (QED) is 0.525. The molecule has 0 aromatic carbocycles. The van der Waals surface area contributed by atoms with Crippen molar-refractivity contribution in [1.29, 1.82) is 0 Å². The van der Waals surface area contributed by atoms with Crippen LogP contribution in [0.25, 0.3) is 0 Å². The molecule has 0 aliphatic heterocycles. The number of amides is 1. The minimum Gasteiger partial charge on any atom is -0.349 e. The molecule has 1 aromatic heterocycles. The summed E-state index contributed by atoms with van der Waals surface area (Å²) in [7, 11) is 0. The van der Waals surface area contributed by atoms with Crippen LogP contribution < -0.4 is 5.32 Å². The fourth-order valence-electron chi connectivity index (χ4n) is 2.28. The van der Waals surface area contributed by atoms with Gasteiger partial charge in [-0.05, 0) is 12.8 Å². The number of carbonyl (C=O) groups is 1. The Kier molecular flexibility index (Phi) is 4.76. The lowest BCUT2D eigenvalue weighted by Gasteiger charge is -2.15. The van der Waals surface area contributed by atoms with E-state index in [1.807, 2.05) is 0 Å². The number of hydrogen-bond donors (Lipinski definition) is 1. The number of nitrogens with zero attached hydrogens (tertiary/aromatic N) is 1. The van der Waals surface area contributed by atoms with Crippen LogP contribution in [0, 0.1) is 10.1 Å². The summed E-state index contributed by atoms with van der Waals surface area (Å²) in [5, 5.41) is 13.6. The topological polar surface area (TPSA) is 72.2 Å². The molecule has 5 nitrogen and oxygen atoms in total. The maximum atomic E-state index is 12.0. The first-order valence-corrected chi connectivity index (χ1v) is 7.52. The molecular formula is C12H15ClN2O3S. The normalized spacial score (nSPS) is 16.9. The summed E-state index contributed by atoms with van der Waals surface area (Å²) in [5.41, 5.74) is -0.197. The van der Waals surface area contributed by atoms with Gasteiger partial charge in [-0.25, -0.2) is 0 Å². The molecule has 0 bridgehead atoms. The van der Waals surface area contributed by atoms with E-state index >= 15 is 0 Å². The maximum absolute atomic E-state index is 12.0. The van der Waals surface area contributed by atoms with Crippen LogP contribution in [0.4, 0.5) is 5.69 Å². The van der Waals surface area contributed by atoms with Crippen molar-refractivity contribution >= 4 is 34.5 Å². The van der Waals surface area contributed by atoms with Gasteiger partial charge in [-0.3, -0.25) is 14.9 Å². The Morgan fingerprint density at radius 1 is 1.37 bits per heavy atom. The summed E-state index contributed by atoms with van der Waals surface area (Å²) in [6, 6.07) is 1.42. The number of nitro groups is 1. The second-order valence-corrected chi connectivity index (χ2v) is 6.34. The lowest BCUT2D eigenvalue weighted by atomic mass is 10.1. The number of nitrogens with one attached hydrogen (secondary N) is 1. The Bertz CT molecular complexity index is 481. The Hall–Kier alpha value is -1.14. The van der Waals surface area contributed by atoms with E-state index in [0.717, 1.165) is 37.0 Å². The van der Waals surface area contributed by atoms with E-state index in [1.54, 1.807) is 0 Å². The molecule has 0 atom stereocenters. The molecule has 7 heteroatoms. The van der Waals surface area contributed by atoms with Crippen molar-refractivity contribution in [2.45, 2.75) is 44.6 Å². The molecule has 1 heterocycles. The molecule has 1 aromatic rings. The second-order valence-electron chi connectivity index (χ2n) is 4.69. The van der Waals surface area contributed by atoms with Crippen molar-refractivity contribution in [2.75, 3.05) is 0 Å². The van der Waals surface area contributed by atoms with Gasteiger partial charge in [0.15, 0.2) is 4.34 Å². The average molecular weight is 303 g/mol. The summed E-state index contributed by atoms with van der Waals surface area (Å²) in [6.45, 7) is 0. The third kappa shape index (κ3) is 3.67. The van der Waals surface area contributed by atoms with Crippen LogP contribution in [0.1, 0.15) is 48.2 Å². The average Bonchev–Trinajstić information content (AvgIpc) is 2.58. The predicted octanol–water partition coefficient (Wildman–Crippen LogP) is 3.76. The van der Waals surface area contributed by atoms with Gasteiger partial charge in [0.25, 0.3) is 11.6 Å². The molecule has 1 aliphatic carbocycles. The van der Waals surface area contributed by atoms with E-state index in [-0.39, 0.29) is 22.0 Å². The molecule has 0 saturated heterocycles. The monoisotopic (exact) mass is 302 g/mol. The standard InChI is InChI=1S/C12H15ClN2O3S/c13-11-9(15(17)18)7-10(19-11)12(16)14-8-5-3-1-2-4-6-8/h7-8H,1-6H2,(H,14,16). The number of hydrogen-bond acceptors (Lipinski definition) is 4.